The van der Waals surface area contributed by atoms with Gasteiger partial charge in [0.05, 0.1) is 13.2 Å². The van der Waals surface area contributed by atoms with Crippen LogP contribution in [-0.2, 0) is 9.53 Å². The van der Waals surface area contributed by atoms with Crippen LogP contribution < -0.4 is 5.32 Å². The van der Waals surface area contributed by atoms with E-state index in [9.17, 15) is 9.18 Å². The molecule has 0 radical (unpaired) electrons. The van der Waals surface area contributed by atoms with Crippen LogP contribution in [0.15, 0.2) is 24.3 Å². The highest BCUT2D eigenvalue weighted by atomic mass is 19.1. The Bertz CT molecular complexity index is 620. The molecule has 0 saturated carbocycles. The second-order valence-corrected chi connectivity index (χ2v) is 7.32. The molecule has 3 saturated heterocycles. The summed E-state index contributed by atoms with van der Waals surface area (Å²) >= 11 is 0. The molecular weight excluding hydrogens is 321 g/mol. The predicted octanol–water partition coefficient (Wildman–Crippen LogP) is 1.55. The minimum Gasteiger partial charge on any atom is -0.379 e. The molecule has 0 spiro atoms. The molecule has 1 N–H and O–H groups in total. The molecular formula is C19H26FN3O2. The highest BCUT2D eigenvalue weighted by molar-refractivity contribution is 5.83. The SMILES string of the molecule is O=C(C(c1cccc(F)c1)N1CCOCC1)N1CCC2CCC(C1)N2. The molecule has 1 amide bonds. The number of nitrogens with one attached hydrogen (secondary N) is 1. The van der Waals surface area contributed by atoms with Gasteiger partial charge in [0.15, 0.2) is 0 Å². The lowest BCUT2D eigenvalue weighted by atomic mass is 10.0. The number of halogens is 1. The molecule has 4 rings (SSSR count). The third-order valence-corrected chi connectivity index (χ3v) is 5.64. The number of fused-ring (bicyclic) bond motifs is 2. The molecule has 1 aromatic carbocycles. The van der Waals surface area contributed by atoms with Gasteiger partial charge in [-0.05, 0) is 37.0 Å². The minimum absolute atomic E-state index is 0.0989. The van der Waals surface area contributed by atoms with E-state index in [1.807, 2.05) is 11.0 Å². The van der Waals surface area contributed by atoms with Crippen LogP contribution in [0.2, 0.25) is 0 Å². The smallest absolute Gasteiger partial charge is 0.244 e. The van der Waals surface area contributed by atoms with Crippen molar-refractivity contribution in [1.82, 2.24) is 15.1 Å². The number of carbonyl (C=O) groups excluding carboxylic acids is 1. The summed E-state index contributed by atoms with van der Waals surface area (Å²) in [6.45, 7) is 4.17. The van der Waals surface area contributed by atoms with E-state index in [4.69, 9.17) is 4.74 Å². The highest BCUT2D eigenvalue weighted by Gasteiger charge is 2.36. The number of benzene rings is 1. The van der Waals surface area contributed by atoms with Crippen LogP contribution in [0.1, 0.15) is 30.9 Å². The van der Waals surface area contributed by atoms with Crippen LogP contribution in [0.25, 0.3) is 0 Å². The summed E-state index contributed by atoms with van der Waals surface area (Å²) in [6, 6.07) is 7.00. The largest absolute Gasteiger partial charge is 0.379 e. The Morgan fingerprint density at radius 1 is 1.16 bits per heavy atom. The summed E-state index contributed by atoms with van der Waals surface area (Å²) in [5.41, 5.74) is 0.745. The van der Waals surface area contributed by atoms with Gasteiger partial charge in [-0.1, -0.05) is 12.1 Å². The normalized spacial score (nSPS) is 28.6. The predicted molar refractivity (Wildman–Crippen MR) is 92.7 cm³/mol. The second kappa shape index (κ2) is 7.40. The maximum Gasteiger partial charge on any atom is 0.244 e. The zero-order valence-corrected chi connectivity index (χ0v) is 14.5. The van der Waals surface area contributed by atoms with Gasteiger partial charge in [0.2, 0.25) is 5.91 Å². The maximum absolute atomic E-state index is 13.8. The summed E-state index contributed by atoms with van der Waals surface area (Å²) in [5, 5.41) is 3.62. The van der Waals surface area contributed by atoms with E-state index in [0.29, 0.717) is 38.4 Å². The van der Waals surface area contributed by atoms with Gasteiger partial charge in [0, 0.05) is 38.3 Å². The van der Waals surface area contributed by atoms with Crippen molar-refractivity contribution in [2.75, 3.05) is 39.4 Å². The molecule has 2 bridgehead atoms. The first-order valence-corrected chi connectivity index (χ1v) is 9.33. The van der Waals surface area contributed by atoms with Crippen molar-refractivity contribution in [3.05, 3.63) is 35.6 Å². The molecule has 3 heterocycles. The molecule has 3 aliphatic rings. The van der Waals surface area contributed by atoms with Gasteiger partial charge in [-0.15, -0.1) is 0 Å². The van der Waals surface area contributed by atoms with E-state index < -0.39 is 6.04 Å². The summed E-state index contributed by atoms with van der Waals surface area (Å²) in [4.78, 5) is 17.6. The zero-order chi connectivity index (χ0) is 17.2. The van der Waals surface area contributed by atoms with Crippen LogP contribution in [0.3, 0.4) is 0 Å². The average molecular weight is 347 g/mol. The number of ether oxygens (including phenoxy) is 1. The second-order valence-electron chi connectivity index (χ2n) is 7.32. The van der Waals surface area contributed by atoms with Gasteiger partial charge in [0.1, 0.15) is 11.9 Å². The third-order valence-electron chi connectivity index (χ3n) is 5.64. The summed E-state index contributed by atoms with van der Waals surface area (Å²) in [7, 11) is 0. The van der Waals surface area contributed by atoms with Crippen molar-refractivity contribution in [3.63, 3.8) is 0 Å². The molecule has 3 aliphatic heterocycles. The summed E-state index contributed by atoms with van der Waals surface area (Å²) < 4.78 is 19.3. The van der Waals surface area contributed by atoms with Crippen LogP contribution in [0.5, 0.6) is 0 Å². The monoisotopic (exact) mass is 347 g/mol. The molecule has 3 fully saturated rings. The van der Waals surface area contributed by atoms with Gasteiger partial charge >= 0.3 is 0 Å². The number of nitrogens with zero attached hydrogens (tertiary/aromatic N) is 2. The van der Waals surface area contributed by atoms with E-state index in [-0.39, 0.29) is 11.7 Å². The minimum atomic E-state index is -0.420. The van der Waals surface area contributed by atoms with Crippen molar-refractivity contribution in [1.29, 1.82) is 0 Å². The lowest BCUT2D eigenvalue weighted by Gasteiger charge is -2.37. The third kappa shape index (κ3) is 3.71. The van der Waals surface area contributed by atoms with Gasteiger partial charge in [-0.2, -0.15) is 0 Å². The van der Waals surface area contributed by atoms with Crippen molar-refractivity contribution in [2.45, 2.75) is 37.4 Å². The van der Waals surface area contributed by atoms with Crippen LogP contribution in [0.4, 0.5) is 4.39 Å². The van der Waals surface area contributed by atoms with Crippen LogP contribution in [-0.4, -0.2) is 67.2 Å². The number of amides is 1. The first-order chi connectivity index (χ1) is 12.2. The zero-order valence-electron chi connectivity index (χ0n) is 14.5. The van der Waals surface area contributed by atoms with Gasteiger partial charge in [-0.3, -0.25) is 9.69 Å². The highest BCUT2D eigenvalue weighted by Crippen LogP contribution is 2.28. The first kappa shape index (κ1) is 16.9. The Kier molecular flexibility index (Phi) is 5.01. The number of morpholine rings is 1. The molecule has 3 unspecified atom stereocenters. The summed E-state index contributed by atoms with van der Waals surface area (Å²) in [6.07, 6.45) is 3.35. The molecule has 0 aromatic heterocycles. The van der Waals surface area contributed by atoms with Crippen molar-refractivity contribution in [3.8, 4) is 0 Å². The Morgan fingerprint density at radius 2 is 1.96 bits per heavy atom. The maximum atomic E-state index is 13.8. The molecule has 5 nitrogen and oxygen atoms in total. The molecule has 25 heavy (non-hydrogen) atoms. The lowest BCUT2D eigenvalue weighted by molar-refractivity contribution is -0.139. The van der Waals surface area contributed by atoms with Crippen molar-refractivity contribution >= 4 is 5.91 Å². The van der Waals surface area contributed by atoms with Gasteiger partial charge in [-0.25, -0.2) is 4.39 Å². The van der Waals surface area contributed by atoms with Crippen molar-refractivity contribution < 1.29 is 13.9 Å². The fraction of sp³-hybridized carbons (Fsp3) is 0.632. The Balaban J connectivity index is 1.59. The Hall–Kier alpha value is -1.50. The Labute approximate surface area is 148 Å². The fourth-order valence-corrected chi connectivity index (χ4v) is 4.34. The van der Waals surface area contributed by atoms with Gasteiger partial charge in [0.25, 0.3) is 0 Å². The van der Waals surface area contributed by atoms with Crippen LogP contribution in [0, 0.1) is 5.82 Å². The number of carbonyl (C=O) groups is 1. The standard InChI is InChI=1S/C19H26FN3O2/c20-15-3-1-2-14(12-15)18(22-8-10-25-11-9-22)19(24)23-7-6-16-4-5-17(13-23)21-16/h1-3,12,16-18,21H,4-11,13H2. The van der Waals surface area contributed by atoms with E-state index in [1.165, 1.54) is 18.6 Å². The number of hydrogen-bond donors (Lipinski definition) is 1. The molecule has 6 heteroatoms. The van der Waals surface area contributed by atoms with Crippen molar-refractivity contribution in [2.24, 2.45) is 0 Å². The summed E-state index contributed by atoms with van der Waals surface area (Å²) in [5.74, 6) is -0.193. The van der Waals surface area contributed by atoms with E-state index in [1.54, 1.807) is 6.07 Å². The molecule has 3 atom stereocenters. The van der Waals surface area contributed by atoms with E-state index >= 15 is 0 Å². The molecule has 136 valence electrons. The fourth-order valence-electron chi connectivity index (χ4n) is 4.34. The van der Waals surface area contributed by atoms with E-state index in [2.05, 4.69) is 10.2 Å². The topological polar surface area (TPSA) is 44.8 Å². The van der Waals surface area contributed by atoms with E-state index in [0.717, 1.165) is 31.5 Å². The number of rotatable bonds is 3. The number of likely N-dealkylation sites (tertiary alicyclic amines) is 1. The molecule has 1 aromatic rings. The quantitative estimate of drug-likeness (QED) is 0.901. The Morgan fingerprint density at radius 3 is 2.76 bits per heavy atom. The number of hydrogen-bond acceptors (Lipinski definition) is 4. The van der Waals surface area contributed by atoms with Crippen LogP contribution >= 0.6 is 0 Å². The van der Waals surface area contributed by atoms with Gasteiger partial charge < -0.3 is 15.0 Å². The average Bonchev–Trinajstić information content (AvgIpc) is 2.95. The lowest BCUT2D eigenvalue weighted by Crippen LogP contribution is -2.49. The first-order valence-electron chi connectivity index (χ1n) is 9.33. The molecule has 0 aliphatic carbocycles.